The maximum atomic E-state index is 12.3. The van der Waals surface area contributed by atoms with Crippen molar-refractivity contribution in [2.75, 3.05) is 0 Å². The van der Waals surface area contributed by atoms with Gasteiger partial charge in [-0.3, -0.25) is 9.59 Å². The number of fused-ring (bicyclic) bond motifs is 1. The maximum absolute atomic E-state index is 12.3. The average Bonchev–Trinajstić information content (AvgIpc) is 2.40. The summed E-state index contributed by atoms with van der Waals surface area (Å²) in [5.41, 5.74) is 0.284. The largest absolute Gasteiger partial charge is 0.481 e. The number of nitrogens with zero attached hydrogens (tertiary/aromatic N) is 2. The number of carboxylic acid groups (broad SMARTS) is 1. The van der Waals surface area contributed by atoms with E-state index in [1.54, 1.807) is 24.3 Å². The number of aromatic nitrogens is 2. The van der Waals surface area contributed by atoms with Crippen LogP contribution < -0.4 is 5.56 Å². The summed E-state index contributed by atoms with van der Waals surface area (Å²) in [7, 11) is 0. The molecule has 5 nitrogen and oxygen atoms in total. The molecule has 2 rings (SSSR count). The van der Waals surface area contributed by atoms with Crippen LogP contribution in [0.15, 0.2) is 29.1 Å². The second-order valence-corrected chi connectivity index (χ2v) is 5.27. The van der Waals surface area contributed by atoms with E-state index in [0.717, 1.165) is 6.42 Å². The van der Waals surface area contributed by atoms with E-state index in [1.165, 1.54) is 4.68 Å². The minimum Gasteiger partial charge on any atom is -0.481 e. The van der Waals surface area contributed by atoms with Gasteiger partial charge in [0.05, 0.1) is 17.5 Å². The van der Waals surface area contributed by atoms with Gasteiger partial charge in [-0.25, -0.2) is 4.68 Å². The molecule has 2 aromatic rings. The predicted octanol–water partition coefficient (Wildman–Crippen LogP) is 2.07. The molecular weight excluding hydrogens is 256 g/mol. The molecule has 0 aliphatic carbocycles. The van der Waals surface area contributed by atoms with Crippen molar-refractivity contribution < 1.29 is 9.90 Å². The van der Waals surface area contributed by atoms with Crippen LogP contribution in [-0.2, 0) is 17.8 Å². The number of hydrogen-bond donors (Lipinski definition) is 1. The van der Waals surface area contributed by atoms with Crippen molar-refractivity contribution in [3.05, 3.63) is 40.3 Å². The second kappa shape index (κ2) is 5.86. The van der Waals surface area contributed by atoms with Crippen LogP contribution in [0.3, 0.4) is 0 Å². The van der Waals surface area contributed by atoms with Crippen LogP contribution in [0.4, 0.5) is 0 Å². The highest BCUT2D eigenvalue weighted by atomic mass is 16.4. The summed E-state index contributed by atoms with van der Waals surface area (Å²) >= 11 is 0. The molecule has 0 saturated heterocycles. The maximum Gasteiger partial charge on any atom is 0.309 e. The van der Waals surface area contributed by atoms with Crippen LogP contribution in [0.2, 0.25) is 0 Å². The molecule has 0 amide bonds. The molecule has 0 bridgehead atoms. The molecule has 0 fully saturated rings. The lowest BCUT2D eigenvalue weighted by Crippen LogP contribution is -2.26. The van der Waals surface area contributed by atoms with Gasteiger partial charge in [-0.2, -0.15) is 5.10 Å². The first-order valence-electron chi connectivity index (χ1n) is 6.69. The first kappa shape index (κ1) is 14.2. The van der Waals surface area contributed by atoms with E-state index in [1.807, 2.05) is 0 Å². The number of hydrogen-bond acceptors (Lipinski definition) is 3. The summed E-state index contributed by atoms with van der Waals surface area (Å²) in [6, 6.07) is 7.03. The van der Waals surface area contributed by atoms with E-state index >= 15 is 0 Å². The van der Waals surface area contributed by atoms with Crippen LogP contribution in [0.1, 0.15) is 26.0 Å². The molecule has 106 valence electrons. The molecule has 0 aliphatic heterocycles. The third-order valence-corrected chi connectivity index (χ3v) is 3.18. The minimum atomic E-state index is -0.947. The van der Waals surface area contributed by atoms with E-state index in [-0.39, 0.29) is 12.0 Å². The van der Waals surface area contributed by atoms with Gasteiger partial charge in [0.15, 0.2) is 0 Å². The van der Waals surface area contributed by atoms with Crippen molar-refractivity contribution >= 4 is 16.7 Å². The number of rotatable bonds is 5. The monoisotopic (exact) mass is 274 g/mol. The van der Waals surface area contributed by atoms with Crippen molar-refractivity contribution in [3.8, 4) is 0 Å². The molecule has 0 radical (unpaired) electrons. The van der Waals surface area contributed by atoms with Crippen LogP contribution in [0.25, 0.3) is 10.8 Å². The van der Waals surface area contributed by atoms with Crippen LogP contribution in [0, 0.1) is 5.92 Å². The van der Waals surface area contributed by atoms with E-state index in [9.17, 15) is 9.59 Å². The first-order chi connectivity index (χ1) is 9.49. The lowest BCUT2D eigenvalue weighted by molar-refractivity contribution is -0.136. The highest BCUT2D eigenvalue weighted by Gasteiger charge is 2.12. The van der Waals surface area contributed by atoms with Crippen LogP contribution in [-0.4, -0.2) is 20.9 Å². The van der Waals surface area contributed by atoms with Crippen LogP contribution in [0.5, 0.6) is 0 Å². The van der Waals surface area contributed by atoms with Crippen molar-refractivity contribution in [3.63, 3.8) is 0 Å². The highest BCUT2D eigenvalue weighted by molar-refractivity contribution is 5.86. The Bertz CT molecular complexity index is 689. The topological polar surface area (TPSA) is 72.2 Å². The number of aryl methyl sites for hydroxylation is 1. The van der Waals surface area contributed by atoms with Gasteiger partial charge in [-0.15, -0.1) is 0 Å². The fourth-order valence-corrected chi connectivity index (χ4v) is 2.11. The Balaban J connectivity index is 2.56. The summed E-state index contributed by atoms with van der Waals surface area (Å²) in [6.45, 7) is 4.66. The fraction of sp³-hybridized carbons (Fsp3) is 0.400. The van der Waals surface area contributed by atoms with Gasteiger partial charge in [0.2, 0.25) is 0 Å². The molecule has 0 saturated carbocycles. The molecule has 0 atom stereocenters. The molecule has 1 aromatic carbocycles. The zero-order valence-electron chi connectivity index (χ0n) is 11.7. The minimum absolute atomic E-state index is 0.157. The Morgan fingerprint density at radius 3 is 2.55 bits per heavy atom. The van der Waals surface area contributed by atoms with Gasteiger partial charge in [0, 0.05) is 11.9 Å². The van der Waals surface area contributed by atoms with Crippen molar-refractivity contribution in [2.45, 2.75) is 33.2 Å². The van der Waals surface area contributed by atoms with Crippen molar-refractivity contribution in [1.29, 1.82) is 0 Å². The zero-order chi connectivity index (χ0) is 14.7. The number of carbonyl (C=O) groups is 1. The number of benzene rings is 1. The van der Waals surface area contributed by atoms with Crippen molar-refractivity contribution in [2.24, 2.45) is 5.92 Å². The Kier molecular flexibility index (Phi) is 4.17. The van der Waals surface area contributed by atoms with Crippen LogP contribution >= 0.6 is 0 Å². The number of carboxylic acids is 1. The Morgan fingerprint density at radius 1 is 1.30 bits per heavy atom. The molecule has 1 heterocycles. The third-order valence-electron chi connectivity index (χ3n) is 3.18. The van der Waals surface area contributed by atoms with Gasteiger partial charge < -0.3 is 5.11 Å². The predicted molar refractivity (Wildman–Crippen MR) is 76.8 cm³/mol. The Labute approximate surface area is 116 Å². The van der Waals surface area contributed by atoms with E-state index < -0.39 is 5.97 Å². The highest BCUT2D eigenvalue weighted by Crippen LogP contribution is 2.14. The molecule has 20 heavy (non-hydrogen) atoms. The molecular formula is C15H18N2O3. The smallest absolute Gasteiger partial charge is 0.309 e. The average molecular weight is 274 g/mol. The summed E-state index contributed by atoms with van der Waals surface area (Å²) in [5.74, 6) is -0.491. The van der Waals surface area contributed by atoms with E-state index in [2.05, 4.69) is 18.9 Å². The standard InChI is InChI=1S/C15H18N2O3/c1-10(2)7-8-17-15(20)12-6-4-3-5-11(12)13(16-17)9-14(18)19/h3-6,10H,7-9H2,1-2H3,(H,18,19). The Morgan fingerprint density at radius 2 is 1.95 bits per heavy atom. The van der Waals surface area contributed by atoms with E-state index in [4.69, 9.17) is 5.11 Å². The molecule has 0 aliphatic rings. The van der Waals surface area contributed by atoms with E-state index in [0.29, 0.717) is 28.9 Å². The summed E-state index contributed by atoms with van der Waals surface area (Å²) in [6.07, 6.45) is 0.653. The second-order valence-electron chi connectivity index (χ2n) is 5.27. The first-order valence-corrected chi connectivity index (χ1v) is 6.69. The van der Waals surface area contributed by atoms with Gasteiger partial charge in [0.1, 0.15) is 0 Å². The summed E-state index contributed by atoms with van der Waals surface area (Å²) < 4.78 is 1.39. The molecule has 5 heteroatoms. The number of aliphatic carboxylic acids is 1. The Hall–Kier alpha value is -2.17. The lowest BCUT2D eigenvalue weighted by Gasteiger charge is -2.11. The molecule has 0 spiro atoms. The zero-order valence-corrected chi connectivity index (χ0v) is 11.7. The quantitative estimate of drug-likeness (QED) is 0.906. The fourth-order valence-electron chi connectivity index (χ4n) is 2.11. The van der Waals surface area contributed by atoms with Gasteiger partial charge >= 0.3 is 5.97 Å². The van der Waals surface area contributed by atoms with Gasteiger partial charge in [0.25, 0.3) is 5.56 Å². The third kappa shape index (κ3) is 3.04. The molecule has 1 N–H and O–H groups in total. The normalized spacial score (nSPS) is 11.2. The van der Waals surface area contributed by atoms with Gasteiger partial charge in [-0.1, -0.05) is 32.0 Å². The lowest BCUT2D eigenvalue weighted by atomic mass is 10.1. The molecule has 0 unspecified atom stereocenters. The SMILES string of the molecule is CC(C)CCn1nc(CC(=O)O)c2ccccc2c1=O. The molecule has 1 aromatic heterocycles. The van der Waals surface area contributed by atoms with Crippen molar-refractivity contribution in [1.82, 2.24) is 9.78 Å². The van der Waals surface area contributed by atoms with Gasteiger partial charge in [-0.05, 0) is 18.4 Å². The summed E-state index contributed by atoms with van der Waals surface area (Å²) in [5, 5.41) is 14.4. The summed E-state index contributed by atoms with van der Waals surface area (Å²) in [4.78, 5) is 23.3.